The molecule has 0 aliphatic carbocycles. The fraction of sp³-hybridized carbons (Fsp3) is 0.452. The Bertz CT molecular complexity index is 1820. The summed E-state index contributed by atoms with van der Waals surface area (Å²) in [5.41, 5.74) is 3.82. The van der Waals surface area contributed by atoms with Gasteiger partial charge in [0.25, 0.3) is 0 Å². The van der Waals surface area contributed by atoms with E-state index in [0.717, 1.165) is 76.6 Å². The number of hydrogen-bond acceptors (Lipinski definition) is 5. The third-order valence-electron chi connectivity index (χ3n) is 9.09. The van der Waals surface area contributed by atoms with Crippen LogP contribution in [0.25, 0.3) is 32.8 Å². The number of aliphatic hydroxyl groups excluding tert-OH is 1. The molecule has 0 saturated heterocycles. The van der Waals surface area contributed by atoms with Gasteiger partial charge < -0.3 is 9.84 Å². The van der Waals surface area contributed by atoms with E-state index in [1.54, 1.807) is 0 Å². The zero-order valence-electron chi connectivity index (χ0n) is 30.1. The molecule has 0 spiro atoms. The summed E-state index contributed by atoms with van der Waals surface area (Å²) in [7, 11) is 0. The predicted octanol–water partition coefficient (Wildman–Crippen LogP) is 11.5. The van der Waals surface area contributed by atoms with E-state index >= 15 is 0 Å². The number of benzene rings is 3. The summed E-state index contributed by atoms with van der Waals surface area (Å²) >= 11 is 0. The molecule has 6 heteroatoms. The first-order chi connectivity index (χ1) is 22.2. The van der Waals surface area contributed by atoms with E-state index in [1.807, 2.05) is 53.8 Å². The Morgan fingerprint density at radius 2 is 1.62 bits per heavy atom. The maximum absolute atomic E-state index is 11.7. The minimum atomic E-state index is -0.440. The average Bonchev–Trinajstić information content (AvgIpc) is 3.02. The van der Waals surface area contributed by atoms with E-state index in [2.05, 4.69) is 69.3 Å². The van der Waals surface area contributed by atoms with Crippen molar-refractivity contribution in [2.24, 2.45) is 22.7 Å². The van der Waals surface area contributed by atoms with Crippen molar-refractivity contribution in [1.29, 1.82) is 5.26 Å². The normalized spacial score (nSPS) is 12.6. The number of aliphatic hydroxyl groups is 1. The molecule has 0 unspecified atom stereocenters. The Balaban J connectivity index is 0.000000334. The smallest absolute Gasteiger partial charge is 0.162 e. The van der Waals surface area contributed by atoms with Crippen molar-refractivity contribution in [3.8, 4) is 28.8 Å². The first-order valence-electron chi connectivity index (χ1n) is 17.2. The van der Waals surface area contributed by atoms with Gasteiger partial charge in [-0.15, -0.1) is 17.5 Å². The molecule has 0 amide bonds. The number of pyridine rings is 1. The summed E-state index contributed by atoms with van der Waals surface area (Å²) in [6.07, 6.45) is 8.32. The second kappa shape index (κ2) is 16.3. The van der Waals surface area contributed by atoms with Crippen LogP contribution in [0.15, 0.2) is 60.5 Å². The van der Waals surface area contributed by atoms with Crippen LogP contribution in [0.2, 0.25) is 0 Å². The number of carbonyl (C=O) groups excluding carboxylic acids is 1. The Morgan fingerprint density at radius 1 is 0.979 bits per heavy atom. The Kier molecular flexibility index (Phi) is 13.2. The van der Waals surface area contributed by atoms with Gasteiger partial charge in [-0.1, -0.05) is 89.2 Å². The number of nitrogens with zero attached hydrogens (tertiary/aromatic N) is 2. The van der Waals surface area contributed by atoms with Gasteiger partial charge in [0.1, 0.15) is 5.75 Å². The van der Waals surface area contributed by atoms with Crippen LogP contribution < -0.4 is 4.74 Å². The molecule has 5 nitrogen and oxygen atoms in total. The molecule has 0 fully saturated rings. The van der Waals surface area contributed by atoms with Crippen LogP contribution >= 0.6 is 0 Å². The summed E-state index contributed by atoms with van der Waals surface area (Å²) in [6.45, 7) is 18.8. The molecule has 1 aromatic heterocycles. The monoisotopic (exact) mass is 824 g/mol. The van der Waals surface area contributed by atoms with Gasteiger partial charge >= 0.3 is 0 Å². The molecule has 48 heavy (non-hydrogen) atoms. The van der Waals surface area contributed by atoms with Crippen molar-refractivity contribution in [3.05, 3.63) is 77.7 Å². The fourth-order valence-electron chi connectivity index (χ4n) is 6.45. The quantitative estimate of drug-likeness (QED) is 0.0862. The standard InChI is InChI=1S/C29H27N2O.C13H24O2.Ir/c1-28(2,3)16-23-21-9-7-6-8-19(21)14-22-26-25-20(10-11-31-26)12-18(15-29(4,5)17-30)13-24(25)32-27(22)23;1-5-10(6-2)12(14)9-13(15)11(7-3)8-4;/h6-13H,15-16H2,1-5H3;9-11,14H,5-8H2,1-4H3;/q-1;;/b;12-9-;. The van der Waals surface area contributed by atoms with Gasteiger partial charge in [-0.05, 0) is 80.9 Å². The van der Waals surface area contributed by atoms with Crippen molar-refractivity contribution in [2.75, 3.05) is 0 Å². The van der Waals surface area contributed by atoms with Crippen LogP contribution in [0.4, 0.5) is 0 Å². The van der Waals surface area contributed by atoms with Crippen molar-refractivity contribution in [3.63, 3.8) is 0 Å². The largest absolute Gasteiger partial charge is 0.512 e. The van der Waals surface area contributed by atoms with E-state index in [4.69, 9.17) is 9.72 Å². The fourth-order valence-corrected chi connectivity index (χ4v) is 6.45. The van der Waals surface area contributed by atoms with Gasteiger partial charge in [0.05, 0.1) is 23.0 Å². The van der Waals surface area contributed by atoms with Crippen molar-refractivity contribution < 1.29 is 34.7 Å². The maximum atomic E-state index is 11.7. The van der Waals surface area contributed by atoms with Crippen LogP contribution in [0.1, 0.15) is 99.1 Å². The third-order valence-corrected chi connectivity index (χ3v) is 9.09. The van der Waals surface area contributed by atoms with Crippen LogP contribution in [0.3, 0.4) is 0 Å². The molecule has 1 radical (unpaired) electrons. The maximum Gasteiger partial charge on any atom is 0.162 e. The SMILES string of the molecule is CC(C)(C)Cc1c2c([c-]c3ccccc13)-c1nccc3cc(CC(C)(C)C#N)cc(c13)O2.CCC(CC)C(=O)/C=C(\O)C(CC)CC.[Ir]. The molecular formula is C42H51IrN2O3-. The van der Waals surface area contributed by atoms with E-state index in [-0.39, 0.29) is 48.9 Å². The number of ether oxygens (including phenoxy) is 1. The first kappa shape index (κ1) is 38.9. The molecule has 0 atom stereocenters. The third kappa shape index (κ3) is 8.93. The Labute approximate surface area is 301 Å². The molecular weight excluding hydrogens is 773 g/mol. The van der Waals surface area contributed by atoms with E-state index in [1.165, 1.54) is 17.0 Å². The summed E-state index contributed by atoms with van der Waals surface area (Å²) in [5, 5.41) is 23.7. The van der Waals surface area contributed by atoms with Gasteiger partial charge in [0.2, 0.25) is 0 Å². The van der Waals surface area contributed by atoms with Crippen LogP contribution in [-0.2, 0) is 37.7 Å². The average molecular weight is 824 g/mol. The molecule has 0 bridgehead atoms. The van der Waals surface area contributed by atoms with E-state index < -0.39 is 5.41 Å². The van der Waals surface area contributed by atoms with Gasteiger partial charge in [0, 0.05) is 55.3 Å². The van der Waals surface area contributed by atoms with Crippen LogP contribution in [0.5, 0.6) is 11.5 Å². The van der Waals surface area contributed by atoms with Crippen molar-refractivity contribution >= 4 is 27.3 Å². The summed E-state index contributed by atoms with van der Waals surface area (Å²) in [5.74, 6) is 2.23. The van der Waals surface area contributed by atoms with Gasteiger partial charge in [0.15, 0.2) is 5.78 Å². The molecule has 1 N–H and O–H groups in total. The molecule has 1 aliphatic rings. The zero-order chi connectivity index (χ0) is 34.5. The van der Waals surface area contributed by atoms with Crippen molar-refractivity contribution in [2.45, 2.75) is 101 Å². The first-order valence-corrected chi connectivity index (χ1v) is 17.2. The van der Waals surface area contributed by atoms with E-state index in [9.17, 15) is 15.2 Å². The minimum absolute atomic E-state index is 0. The minimum Gasteiger partial charge on any atom is -0.512 e. The Morgan fingerprint density at radius 3 is 2.23 bits per heavy atom. The predicted molar refractivity (Wildman–Crippen MR) is 194 cm³/mol. The molecule has 2 heterocycles. The molecule has 257 valence electrons. The molecule has 5 rings (SSSR count). The number of rotatable bonds is 10. The van der Waals surface area contributed by atoms with Gasteiger partial charge in [-0.2, -0.15) is 5.26 Å². The molecule has 3 aromatic carbocycles. The number of hydrogen-bond donors (Lipinski definition) is 1. The number of allylic oxidation sites excluding steroid dienone is 2. The number of carbonyl (C=O) groups is 1. The van der Waals surface area contributed by atoms with Crippen LogP contribution in [0, 0.1) is 40.1 Å². The van der Waals surface area contributed by atoms with Gasteiger partial charge in [-0.3, -0.25) is 9.78 Å². The van der Waals surface area contributed by atoms with E-state index in [0.29, 0.717) is 6.42 Å². The topological polar surface area (TPSA) is 83.2 Å². The Hall–Kier alpha value is -3.52. The number of aromatic nitrogens is 1. The number of fused-ring (bicyclic) bond motifs is 3. The number of ketones is 1. The summed E-state index contributed by atoms with van der Waals surface area (Å²) in [4.78, 5) is 16.5. The second-order valence-corrected chi connectivity index (χ2v) is 14.7. The van der Waals surface area contributed by atoms with Gasteiger partial charge in [-0.25, -0.2) is 0 Å². The molecule has 0 saturated carbocycles. The van der Waals surface area contributed by atoms with Crippen molar-refractivity contribution in [1.82, 2.24) is 4.98 Å². The summed E-state index contributed by atoms with van der Waals surface area (Å²) in [6, 6.07) is 20.7. The summed E-state index contributed by atoms with van der Waals surface area (Å²) < 4.78 is 6.67. The van der Waals surface area contributed by atoms with Crippen LogP contribution in [-0.4, -0.2) is 15.9 Å². The molecule has 4 aromatic rings. The molecule has 1 aliphatic heterocycles. The number of nitriles is 1. The second-order valence-electron chi connectivity index (χ2n) is 14.7. The zero-order valence-corrected chi connectivity index (χ0v) is 32.5.